The Kier molecular flexibility index (Phi) is 4.95. The van der Waals surface area contributed by atoms with Crippen LogP contribution in [-0.4, -0.2) is 45.1 Å². The fourth-order valence-electron chi connectivity index (χ4n) is 2.76. The Morgan fingerprint density at radius 2 is 2.13 bits per heavy atom. The van der Waals surface area contributed by atoms with Gasteiger partial charge in [0.1, 0.15) is 5.69 Å². The van der Waals surface area contributed by atoms with Gasteiger partial charge in [-0.1, -0.05) is 24.3 Å². The van der Waals surface area contributed by atoms with Gasteiger partial charge in [0.2, 0.25) is 0 Å². The van der Waals surface area contributed by atoms with Crippen molar-refractivity contribution in [2.45, 2.75) is 25.6 Å². The van der Waals surface area contributed by atoms with Crippen LogP contribution in [0.1, 0.15) is 28.0 Å². The van der Waals surface area contributed by atoms with Gasteiger partial charge in [0, 0.05) is 38.6 Å². The topological polar surface area (TPSA) is 78.4 Å². The average molecular weight is 312 g/mol. The normalized spacial score (nSPS) is 18.0. The quantitative estimate of drug-likeness (QED) is 0.860. The molecule has 2 heterocycles. The summed E-state index contributed by atoms with van der Waals surface area (Å²) < 4.78 is 0. The first kappa shape index (κ1) is 15.6. The Bertz CT molecular complexity index is 663. The minimum Gasteiger partial charge on any atom is -0.392 e. The number of carbonyl (C=O) groups is 1. The first-order chi connectivity index (χ1) is 11.2. The lowest BCUT2D eigenvalue weighted by Gasteiger charge is -2.18. The molecule has 6 nitrogen and oxygen atoms in total. The third kappa shape index (κ3) is 4.12. The maximum atomic E-state index is 12.1. The van der Waals surface area contributed by atoms with Crippen molar-refractivity contribution in [1.29, 1.82) is 0 Å². The van der Waals surface area contributed by atoms with Gasteiger partial charge in [-0.15, -0.1) is 0 Å². The fourth-order valence-corrected chi connectivity index (χ4v) is 2.76. The fraction of sp³-hybridized carbons (Fsp3) is 0.353. The number of hydrogen-bond donors (Lipinski definition) is 2. The predicted octanol–water partition coefficient (Wildman–Crippen LogP) is 0.973. The second-order valence-electron chi connectivity index (χ2n) is 5.72. The molecule has 23 heavy (non-hydrogen) atoms. The summed E-state index contributed by atoms with van der Waals surface area (Å²) in [6, 6.07) is 8.04. The zero-order valence-electron chi connectivity index (χ0n) is 12.9. The molecule has 2 N–H and O–H groups in total. The third-order valence-corrected chi connectivity index (χ3v) is 4.00. The zero-order valence-corrected chi connectivity index (χ0v) is 12.9. The molecule has 0 spiro atoms. The van der Waals surface area contributed by atoms with E-state index in [1.54, 1.807) is 0 Å². The maximum Gasteiger partial charge on any atom is 0.271 e. The molecule has 6 heteroatoms. The molecule has 1 saturated heterocycles. The molecular weight excluding hydrogens is 292 g/mol. The van der Waals surface area contributed by atoms with Crippen LogP contribution in [0.2, 0.25) is 0 Å². The lowest BCUT2D eigenvalue weighted by Crippen LogP contribution is -2.26. The lowest BCUT2D eigenvalue weighted by atomic mass is 10.1. The molecule has 0 radical (unpaired) electrons. The van der Waals surface area contributed by atoms with Gasteiger partial charge in [-0.25, -0.2) is 4.98 Å². The number of benzene rings is 1. The summed E-state index contributed by atoms with van der Waals surface area (Å²) in [5.41, 5.74) is 2.56. The largest absolute Gasteiger partial charge is 0.392 e. The Morgan fingerprint density at radius 1 is 1.30 bits per heavy atom. The molecule has 1 atom stereocenters. The summed E-state index contributed by atoms with van der Waals surface area (Å²) in [4.78, 5) is 22.2. The number of rotatable bonds is 5. The number of aliphatic hydroxyl groups is 1. The van der Waals surface area contributed by atoms with E-state index in [9.17, 15) is 9.90 Å². The molecule has 1 aliphatic heterocycles. The predicted molar refractivity (Wildman–Crippen MR) is 85.5 cm³/mol. The number of carbonyl (C=O) groups excluding carboxylic acids is 1. The van der Waals surface area contributed by atoms with Gasteiger partial charge >= 0.3 is 0 Å². The lowest BCUT2D eigenvalue weighted by molar-refractivity contribution is 0.0945. The molecule has 0 unspecified atom stereocenters. The second-order valence-corrected chi connectivity index (χ2v) is 5.72. The number of nitrogens with zero attached hydrogens (tertiary/aromatic N) is 3. The van der Waals surface area contributed by atoms with E-state index in [0.29, 0.717) is 18.8 Å². The summed E-state index contributed by atoms with van der Waals surface area (Å²) in [5, 5.41) is 12.5. The highest BCUT2D eigenvalue weighted by Crippen LogP contribution is 2.16. The molecule has 1 aromatic heterocycles. The van der Waals surface area contributed by atoms with E-state index in [2.05, 4.69) is 26.3 Å². The average Bonchev–Trinajstić information content (AvgIpc) is 2.99. The van der Waals surface area contributed by atoms with Crippen molar-refractivity contribution >= 4 is 5.91 Å². The molecular formula is C17H20N4O2. The van der Waals surface area contributed by atoms with E-state index in [4.69, 9.17) is 0 Å². The van der Waals surface area contributed by atoms with Crippen LogP contribution in [0.25, 0.3) is 0 Å². The minimum absolute atomic E-state index is 0.224. The number of β-amino-alcohol motifs (C(OH)–C–C–N with tert-alkyl or cyclic N) is 1. The first-order valence-corrected chi connectivity index (χ1v) is 7.74. The van der Waals surface area contributed by atoms with Crippen LogP contribution in [0.3, 0.4) is 0 Å². The Hall–Kier alpha value is -2.31. The van der Waals surface area contributed by atoms with Crippen LogP contribution in [0, 0.1) is 0 Å². The van der Waals surface area contributed by atoms with E-state index >= 15 is 0 Å². The molecule has 120 valence electrons. The van der Waals surface area contributed by atoms with Crippen molar-refractivity contribution in [3.05, 3.63) is 59.7 Å². The Morgan fingerprint density at radius 3 is 2.83 bits per heavy atom. The van der Waals surface area contributed by atoms with E-state index < -0.39 is 0 Å². The van der Waals surface area contributed by atoms with Gasteiger partial charge in [-0.2, -0.15) is 0 Å². The number of amides is 1. The van der Waals surface area contributed by atoms with Crippen LogP contribution in [0.5, 0.6) is 0 Å². The van der Waals surface area contributed by atoms with E-state index in [1.165, 1.54) is 24.2 Å². The number of aromatic nitrogens is 2. The molecule has 0 bridgehead atoms. The van der Waals surface area contributed by atoms with Gasteiger partial charge in [-0.05, 0) is 17.5 Å². The molecule has 1 fully saturated rings. The monoisotopic (exact) mass is 312 g/mol. The van der Waals surface area contributed by atoms with Gasteiger partial charge in [0.05, 0.1) is 12.3 Å². The standard InChI is InChI=1S/C17H20N4O2/c22-15-5-8-21(12-15)11-14-4-2-1-3-13(14)9-20-17(23)16-10-18-6-7-19-16/h1-4,6-7,10,15,22H,5,8-9,11-12H2,(H,20,23)/t15-/m0/s1. The number of aliphatic hydroxyl groups excluding tert-OH is 1. The van der Waals surface area contributed by atoms with E-state index in [0.717, 1.165) is 25.1 Å². The minimum atomic E-state index is -0.232. The number of likely N-dealkylation sites (tertiary alicyclic amines) is 1. The van der Waals surface area contributed by atoms with Crippen LogP contribution >= 0.6 is 0 Å². The number of hydrogen-bond acceptors (Lipinski definition) is 5. The van der Waals surface area contributed by atoms with Gasteiger partial charge in [0.25, 0.3) is 5.91 Å². The third-order valence-electron chi connectivity index (χ3n) is 4.00. The van der Waals surface area contributed by atoms with Crippen molar-refractivity contribution in [1.82, 2.24) is 20.2 Å². The molecule has 1 aromatic carbocycles. The van der Waals surface area contributed by atoms with E-state index in [1.807, 2.05) is 18.2 Å². The van der Waals surface area contributed by atoms with Crippen molar-refractivity contribution in [3.8, 4) is 0 Å². The van der Waals surface area contributed by atoms with Gasteiger partial charge in [0.15, 0.2) is 0 Å². The van der Waals surface area contributed by atoms with Crippen LogP contribution in [-0.2, 0) is 13.1 Å². The van der Waals surface area contributed by atoms with E-state index in [-0.39, 0.29) is 12.0 Å². The second kappa shape index (κ2) is 7.30. The summed E-state index contributed by atoms with van der Waals surface area (Å²) >= 11 is 0. The smallest absolute Gasteiger partial charge is 0.271 e. The molecule has 0 saturated carbocycles. The van der Waals surface area contributed by atoms with Crippen LogP contribution in [0.4, 0.5) is 0 Å². The highest BCUT2D eigenvalue weighted by molar-refractivity contribution is 5.91. The SMILES string of the molecule is O=C(NCc1ccccc1CN1CC[C@H](O)C1)c1cnccn1. The molecule has 1 aliphatic rings. The summed E-state index contributed by atoms with van der Waals surface area (Å²) in [7, 11) is 0. The Balaban J connectivity index is 1.63. The van der Waals surface area contributed by atoms with Crippen LogP contribution < -0.4 is 5.32 Å². The van der Waals surface area contributed by atoms with Crippen molar-refractivity contribution in [2.24, 2.45) is 0 Å². The summed E-state index contributed by atoms with van der Waals surface area (Å²) in [5.74, 6) is -0.232. The molecule has 2 aromatic rings. The molecule has 0 aliphatic carbocycles. The number of nitrogens with one attached hydrogen (secondary N) is 1. The zero-order chi connectivity index (χ0) is 16.1. The highest BCUT2D eigenvalue weighted by atomic mass is 16.3. The maximum absolute atomic E-state index is 12.1. The van der Waals surface area contributed by atoms with Gasteiger partial charge in [-0.3, -0.25) is 14.7 Å². The Labute approximate surface area is 135 Å². The summed E-state index contributed by atoms with van der Waals surface area (Å²) in [6.45, 7) is 2.85. The van der Waals surface area contributed by atoms with Gasteiger partial charge < -0.3 is 10.4 Å². The van der Waals surface area contributed by atoms with Crippen molar-refractivity contribution in [3.63, 3.8) is 0 Å². The van der Waals surface area contributed by atoms with Crippen LogP contribution in [0.15, 0.2) is 42.9 Å². The van der Waals surface area contributed by atoms with Crippen molar-refractivity contribution < 1.29 is 9.90 Å². The highest BCUT2D eigenvalue weighted by Gasteiger charge is 2.20. The first-order valence-electron chi connectivity index (χ1n) is 7.74. The van der Waals surface area contributed by atoms with Crippen molar-refractivity contribution in [2.75, 3.05) is 13.1 Å². The summed E-state index contributed by atoms with van der Waals surface area (Å²) in [6.07, 6.45) is 5.09. The molecule has 3 rings (SSSR count). The molecule has 1 amide bonds.